The molecule has 0 radical (unpaired) electrons. The van der Waals surface area contributed by atoms with Crippen LogP contribution < -0.4 is 0 Å². The average molecular weight is 230 g/mol. The second kappa shape index (κ2) is 4.05. The molecule has 0 atom stereocenters. The maximum Gasteiger partial charge on any atom is 0.356 e. The fourth-order valence-corrected chi connectivity index (χ4v) is 1.71. The first-order valence-corrected chi connectivity index (χ1v) is 5.36. The molecule has 1 N–H and O–H groups in total. The number of rotatable bonds is 2. The summed E-state index contributed by atoms with van der Waals surface area (Å²) in [7, 11) is 0. The van der Waals surface area contributed by atoms with E-state index in [1.165, 1.54) is 11.1 Å². The number of hydrogen-bond acceptors (Lipinski definition) is 2. The van der Waals surface area contributed by atoms with Gasteiger partial charge in [-0.2, -0.15) is 0 Å². The van der Waals surface area contributed by atoms with E-state index >= 15 is 0 Å². The Balaban J connectivity index is 2.52. The Bertz CT molecular complexity index is 585. The fraction of sp³-hybridized carbons (Fsp3) is 0.231. The number of nitrogens with zero attached hydrogens (tertiary/aromatic N) is 2. The lowest BCUT2D eigenvalue weighted by molar-refractivity contribution is 0.0691. The highest BCUT2D eigenvalue weighted by Crippen LogP contribution is 2.16. The van der Waals surface area contributed by atoms with Crippen LogP contribution in [0.2, 0.25) is 0 Å². The van der Waals surface area contributed by atoms with Crippen molar-refractivity contribution >= 4 is 5.97 Å². The molecule has 88 valence electrons. The van der Waals surface area contributed by atoms with Crippen LogP contribution in [0.1, 0.15) is 27.4 Å². The van der Waals surface area contributed by atoms with Gasteiger partial charge >= 0.3 is 5.97 Å². The van der Waals surface area contributed by atoms with Crippen LogP contribution in [0, 0.1) is 20.8 Å². The van der Waals surface area contributed by atoms with Gasteiger partial charge < -0.3 is 9.67 Å². The zero-order valence-electron chi connectivity index (χ0n) is 10.1. The van der Waals surface area contributed by atoms with Gasteiger partial charge in [0.15, 0.2) is 5.69 Å². The van der Waals surface area contributed by atoms with Crippen LogP contribution in [-0.2, 0) is 0 Å². The van der Waals surface area contributed by atoms with Crippen LogP contribution in [0.5, 0.6) is 0 Å². The lowest BCUT2D eigenvalue weighted by atomic mass is 10.1. The number of carbonyl (C=O) groups is 1. The number of hydrogen-bond donors (Lipinski definition) is 1. The van der Waals surface area contributed by atoms with Crippen molar-refractivity contribution in [3.8, 4) is 5.69 Å². The monoisotopic (exact) mass is 230 g/mol. The Kier molecular flexibility index (Phi) is 2.71. The molecule has 0 aliphatic heterocycles. The van der Waals surface area contributed by atoms with Gasteiger partial charge in [0.25, 0.3) is 0 Å². The van der Waals surface area contributed by atoms with E-state index in [2.05, 4.69) is 4.98 Å². The molecule has 2 aromatic rings. The standard InChI is InChI=1S/C13H14N2O2/c1-8-4-5-11(6-9(8)2)15-7-12(13(16)17)14-10(15)3/h4-7H,1-3H3,(H,16,17). The van der Waals surface area contributed by atoms with Gasteiger partial charge in [-0.25, -0.2) is 9.78 Å². The normalized spacial score (nSPS) is 10.5. The number of carboxylic acid groups (broad SMARTS) is 1. The topological polar surface area (TPSA) is 55.1 Å². The fourth-order valence-electron chi connectivity index (χ4n) is 1.71. The number of aromatic nitrogens is 2. The largest absolute Gasteiger partial charge is 0.476 e. The maximum atomic E-state index is 10.8. The van der Waals surface area contributed by atoms with E-state index in [9.17, 15) is 4.79 Å². The summed E-state index contributed by atoms with van der Waals surface area (Å²) in [5.74, 6) is -0.332. The highest BCUT2D eigenvalue weighted by Gasteiger charge is 2.11. The van der Waals surface area contributed by atoms with Gasteiger partial charge in [0.2, 0.25) is 0 Å². The SMILES string of the molecule is Cc1ccc(-n2cc(C(=O)O)nc2C)cc1C. The third-order valence-corrected chi connectivity index (χ3v) is 2.87. The van der Waals surface area contributed by atoms with Crippen molar-refractivity contribution in [3.63, 3.8) is 0 Å². The van der Waals surface area contributed by atoms with Crippen molar-refractivity contribution in [2.24, 2.45) is 0 Å². The Labute approximate surface area is 99.5 Å². The lowest BCUT2D eigenvalue weighted by Crippen LogP contribution is -1.97. The molecule has 0 aliphatic rings. The van der Waals surface area contributed by atoms with E-state index < -0.39 is 5.97 Å². The van der Waals surface area contributed by atoms with Gasteiger partial charge in [-0.1, -0.05) is 6.07 Å². The van der Waals surface area contributed by atoms with Gasteiger partial charge in [0, 0.05) is 11.9 Å². The first kappa shape index (κ1) is 11.4. The molecule has 0 fully saturated rings. The summed E-state index contributed by atoms with van der Waals surface area (Å²) in [4.78, 5) is 14.8. The van der Waals surface area contributed by atoms with Gasteiger partial charge in [0.05, 0.1) is 0 Å². The van der Waals surface area contributed by atoms with Crippen LogP contribution in [-0.4, -0.2) is 20.6 Å². The van der Waals surface area contributed by atoms with Crippen molar-refractivity contribution in [3.05, 3.63) is 47.0 Å². The summed E-state index contributed by atoms with van der Waals surface area (Å²) in [6.07, 6.45) is 1.54. The molecular formula is C13H14N2O2. The summed E-state index contributed by atoms with van der Waals surface area (Å²) in [6, 6.07) is 6.00. The first-order chi connectivity index (χ1) is 7.99. The molecule has 0 bridgehead atoms. The number of aryl methyl sites for hydroxylation is 3. The van der Waals surface area contributed by atoms with Crippen molar-refractivity contribution < 1.29 is 9.90 Å². The second-order valence-electron chi connectivity index (χ2n) is 4.12. The minimum atomic E-state index is -1.00. The highest BCUT2D eigenvalue weighted by molar-refractivity contribution is 5.85. The molecule has 1 aromatic heterocycles. The second-order valence-corrected chi connectivity index (χ2v) is 4.12. The van der Waals surface area contributed by atoms with E-state index in [0.717, 1.165) is 5.69 Å². The molecule has 2 rings (SSSR count). The first-order valence-electron chi connectivity index (χ1n) is 5.36. The molecule has 0 aliphatic carbocycles. The summed E-state index contributed by atoms with van der Waals surface area (Å²) < 4.78 is 1.79. The minimum absolute atomic E-state index is 0.0701. The lowest BCUT2D eigenvalue weighted by Gasteiger charge is -2.07. The molecule has 4 heteroatoms. The van der Waals surface area contributed by atoms with Crippen molar-refractivity contribution in [2.45, 2.75) is 20.8 Å². The predicted octanol–water partition coefficient (Wildman–Crippen LogP) is 2.50. The van der Waals surface area contributed by atoms with Crippen LogP contribution in [0.15, 0.2) is 24.4 Å². The molecule has 1 aromatic carbocycles. The molecule has 17 heavy (non-hydrogen) atoms. The number of benzene rings is 1. The van der Waals surface area contributed by atoms with Gasteiger partial charge in [0.1, 0.15) is 5.82 Å². The Morgan fingerprint density at radius 3 is 2.47 bits per heavy atom. The highest BCUT2D eigenvalue weighted by atomic mass is 16.4. The molecule has 0 saturated heterocycles. The van der Waals surface area contributed by atoms with Gasteiger partial charge in [-0.15, -0.1) is 0 Å². The zero-order chi connectivity index (χ0) is 12.6. The maximum absolute atomic E-state index is 10.8. The van der Waals surface area contributed by atoms with Crippen LogP contribution in [0.4, 0.5) is 0 Å². The average Bonchev–Trinajstić information content (AvgIpc) is 2.65. The van der Waals surface area contributed by atoms with Crippen LogP contribution in [0.25, 0.3) is 5.69 Å². The molecule has 0 spiro atoms. The number of aromatic carboxylic acids is 1. The predicted molar refractivity (Wildman–Crippen MR) is 64.7 cm³/mol. The molecule has 0 saturated carbocycles. The molecule has 1 heterocycles. The summed E-state index contributed by atoms with van der Waals surface area (Å²) in [5, 5.41) is 8.89. The van der Waals surface area contributed by atoms with Gasteiger partial charge in [-0.3, -0.25) is 0 Å². The van der Waals surface area contributed by atoms with Crippen LogP contribution >= 0.6 is 0 Å². The van der Waals surface area contributed by atoms with Crippen molar-refractivity contribution in [1.29, 1.82) is 0 Å². The molecule has 0 amide bonds. The van der Waals surface area contributed by atoms with Crippen LogP contribution in [0.3, 0.4) is 0 Å². The summed E-state index contributed by atoms with van der Waals surface area (Å²) >= 11 is 0. The van der Waals surface area contributed by atoms with E-state index in [4.69, 9.17) is 5.11 Å². The number of imidazole rings is 1. The molecule has 0 unspecified atom stereocenters. The zero-order valence-corrected chi connectivity index (χ0v) is 10.1. The van der Waals surface area contributed by atoms with Gasteiger partial charge in [-0.05, 0) is 44.0 Å². The Hall–Kier alpha value is -2.10. The Morgan fingerprint density at radius 2 is 1.94 bits per heavy atom. The summed E-state index contributed by atoms with van der Waals surface area (Å²) in [6.45, 7) is 5.87. The van der Waals surface area contributed by atoms with E-state index in [0.29, 0.717) is 5.82 Å². The van der Waals surface area contributed by atoms with Crippen molar-refractivity contribution in [1.82, 2.24) is 9.55 Å². The molecular weight excluding hydrogens is 216 g/mol. The van der Waals surface area contributed by atoms with E-state index in [-0.39, 0.29) is 5.69 Å². The van der Waals surface area contributed by atoms with E-state index in [1.54, 1.807) is 17.7 Å². The molecule has 4 nitrogen and oxygen atoms in total. The summed E-state index contributed by atoms with van der Waals surface area (Å²) in [5.41, 5.74) is 3.39. The minimum Gasteiger partial charge on any atom is -0.476 e. The Morgan fingerprint density at radius 1 is 1.24 bits per heavy atom. The van der Waals surface area contributed by atoms with Crippen molar-refractivity contribution in [2.75, 3.05) is 0 Å². The smallest absolute Gasteiger partial charge is 0.356 e. The number of carboxylic acids is 1. The third-order valence-electron chi connectivity index (χ3n) is 2.87. The van der Waals surface area contributed by atoms with E-state index in [1.807, 2.05) is 32.0 Å². The third kappa shape index (κ3) is 2.06. The quantitative estimate of drug-likeness (QED) is 0.862.